The van der Waals surface area contributed by atoms with E-state index in [9.17, 15) is 4.79 Å². The monoisotopic (exact) mass is 377 g/mol. The second kappa shape index (κ2) is 6.75. The van der Waals surface area contributed by atoms with Gasteiger partial charge in [0.2, 0.25) is 0 Å². The number of morpholine rings is 1. The number of ether oxygens (including phenoxy) is 1. The molecule has 0 saturated carbocycles. The first kappa shape index (κ1) is 18.4. The number of hydrogen-bond acceptors (Lipinski definition) is 5. The lowest BCUT2D eigenvalue weighted by Crippen LogP contribution is -2.48. The molecule has 2 aliphatic heterocycles. The highest BCUT2D eigenvalue weighted by molar-refractivity contribution is 7.17. The van der Waals surface area contributed by atoms with Crippen molar-refractivity contribution in [3.63, 3.8) is 0 Å². The lowest BCUT2D eigenvalue weighted by atomic mass is 9.94. The van der Waals surface area contributed by atoms with Crippen molar-refractivity contribution in [2.75, 3.05) is 24.7 Å². The van der Waals surface area contributed by atoms with Gasteiger partial charge in [0.25, 0.3) is 5.91 Å². The molecule has 136 valence electrons. The lowest BCUT2D eigenvalue weighted by molar-refractivity contribution is 0.0900. The normalized spacial score (nSPS) is 22.7. The number of nitrogens with zero attached hydrogens (tertiary/aromatic N) is 2. The van der Waals surface area contributed by atoms with E-state index in [1.807, 2.05) is 13.8 Å². The van der Waals surface area contributed by atoms with E-state index in [1.165, 1.54) is 11.3 Å². The fraction of sp³-hybridized carbons (Fsp3) is 0.667. The Bertz CT molecular complexity index is 727. The molecule has 1 fully saturated rings. The summed E-state index contributed by atoms with van der Waals surface area (Å²) in [4.78, 5) is 20.2. The van der Waals surface area contributed by atoms with Gasteiger partial charge in [-0.1, -0.05) is 31.0 Å². The smallest absolute Gasteiger partial charge is 0.263 e. The molecular weight excluding hydrogens is 350 g/mol. The van der Waals surface area contributed by atoms with Crippen molar-refractivity contribution in [3.05, 3.63) is 10.6 Å². The van der Waals surface area contributed by atoms with Crippen LogP contribution in [0.15, 0.2) is 0 Å². The summed E-state index contributed by atoms with van der Waals surface area (Å²) in [5.41, 5.74) is 4.12. The van der Waals surface area contributed by atoms with E-state index in [2.05, 4.69) is 41.3 Å². The van der Waals surface area contributed by atoms with E-state index < -0.39 is 8.07 Å². The maximum atomic E-state index is 12.4. The third kappa shape index (κ3) is 4.43. The van der Waals surface area contributed by atoms with Crippen molar-refractivity contribution in [3.8, 4) is 11.5 Å². The average molecular weight is 378 g/mol. The van der Waals surface area contributed by atoms with Crippen LogP contribution in [0.4, 0.5) is 5.13 Å². The van der Waals surface area contributed by atoms with Crippen molar-refractivity contribution in [2.45, 2.75) is 57.9 Å². The van der Waals surface area contributed by atoms with Crippen LogP contribution in [0.1, 0.15) is 35.6 Å². The van der Waals surface area contributed by atoms with Crippen LogP contribution in [0.3, 0.4) is 0 Å². The molecule has 1 atom stereocenters. The fourth-order valence-corrected chi connectivity index (χ4v) is 4.80. The molecule has 3 rings (SSSR count). The number of carbonyl (C=O) groups excluding carboxylic acids is 1. The van der Waals surface area contributed by atoms with Gasteiger partial charge in [0, 0.05) is 24.9 Å². The van der Waals surface area contributed by atoms with Crippen LogP contribution in [0.25, 0.3) is 0 Å². The quantitative estimate of drug-likeness (QED) is 0.636. The van der Waals surface area contributed by atoms with Gasteiger partial charge in [-0.05, 0) is 13.8 Å². The van der Waals surface area contributed by atoms with E-state index >= 15 is 0 Å². The van der Waals surface area contributed by atoms with Crippen molar-refractivity contribution >= 4 is 30.4 Å². The fourth-order valence-electron chi connectivity index (χ4n) is 3.10. The molecule has 0 aromatic carbocycles. The largest absolute Gasteiger partial charge is 0.377 e. The van der Waals surface area contributed by atoms with E-state index in [1.54, 1.807) is 0 Å². The van der Waals surface area contributed by atoms with E-state index in [-0.39, 0.29) is 17.5 Å². The summed E-state index contributed by atoms with van der Waals surface area (Å²) in [6, 6.07) is 0.210. The molecule has 1 saturated heterocycles. The molecule has 3 heterocycles. The highest BCUT2D eigenvalue weighted by atomic mass is 32.1. The minimum atomic E-state index is -1.36. The maximum absolute atomic E-state index is 12.4. The number of carbonyl (C=O) groups is 1. The summed E-state index contributed by atoms with van der Waals surface area (Å²) >= 11 is 1.50. The van der Waals surface area contributed by atoms with Gasteiger partial charge in [0.15, 0.2) is 5.13 Å². The third-order valence-corrected chi connectivity index (χ3v) is 6.29. The average Bonchev–Trinajstić information content (AvgIpc) is 2.89. The minimum Gasteiger partial charge on any atom is -0.377 e. The summed E-state index contributed by atoms with van der Waals surface area (Å²) in [7, 11) is -1.36. The van der Waals surface area contributed by atoms with Crippen LogP contribution in [0, 0.1) is 11.5 Å². The predicted octanol–water partition coefficient (Wildman–Crippen LogP) is 2.68. The van der Waals surface area contributed by atoms with Gasteiger partial charge < -0.3 is 15.0 Å². The molecule has 1 N–H and O–H groups in total. The number of anilines is 1. The molecule has 5 nitrogen and oxygen atoms in total. The minimum absolute atomic E-state index is 0.00154. The third-order valence-electron chi connectivity index (χ3n) is 4.23. The molecule has 1 aromatic heterocycles. The van der Waals surface area contributed by atoms with E-state index in [0.717, 1.165) is 35.1 Å². The molecule has 2 aliphatic rings. The SMILES string of the molecule is CC1(C)Cc2nc(N3CCOC[C@@H]3CC#C[Si](C)(C)C)sc2C(=O)N1. The number of rotatable bonds is 2. The summed E-state index contributed by atoms with van der Waals surface area (Å²) in [6.07, 6.45) is 1.56. The zero-order valence-corrected chi connectivity index (χ0v) is 17.5. The van der Waals surface area contributed by atoms with Gasteiger partial charge in [-0.2, -0.15) is 0 Å². The van der Waals surface area contributed by atoms with Crippen LogP contribution < -0.4 is 10.2 Å². The van der Waals surface area contributed by atoms with Crippen molar-refractivity contribution in [1.82, 2.24) is 10.3 Å². The van der Waals surface area contributed by atoms with E-state index in [0.29, 0.717) is 13.2 Å². The first-order valence-electron chi connectivity index (χ1n) is 8.81. The van der Waals surface area contributed by atoms with Crippen LogP contribution in [0.2, 0.25) is 19.6 Å². The second-order valence-corrected chi connectivity index (χ2v) is 14.2. The van der Waals surface area contributed by atoms with Gasteiger partial charge in [-0.3, -0.25) is 4.79 Å². The molecule has 0 radical (unpaired) electrons. The highest BCUT2D eigenvalue weighted by Gasteiger charge is 2.35. The molecule has 25 heavy (non-hydrogen) atoms. The molecule has 0 bridgehead atoms. The van der Waals surface area contributed by atoms with Crippen molar-refractivity contribution < 1.29 is 9.53 Å². The standard InChI is InChI=1S/C18H27N3O2SSi/c1-18(2)11-14-15(16(22)20-18)24-17(19-14)21-8-9-23-12-13(21)7-6-10-25(3,4)5/h13H,7-9,11-12H2,1-5H3,(H,20,22)/t13-/m0/s1. The Balaban J connectivity index is 1.82. The summed E-state index contributed by atoms with van der Waals surface area (Å²) in [5, 5.41) is 3.99. The zero-order chi connectivity index (χ0) is 18.2. The van der Waals surface area contributed by atoms with Crippen LogP contribution in [-0.4, -0.2) is 50.3 Å². The van der Waals surface area contributed by atoms with Gasteiger partial charge in [0.05, 0.1) is 24.9 Å². The lowest BCUT2D eigenvalue weighted by Gasteiger charge is -2.34. The van der Waals surface area contributed by atoms with Crippen molar-refractivity contribution in [2.24, 2.45) is 0 Å². The number of nitrogens with one attached hydrogen (secondary N) is 1. The molecule has 0 aliphatic carbocycles. The topological polar surface area (TPSA) is 54.5 Å². The Kier molecular flexibility index (Phi) is 4.97. The molecule has 1 amide bonds. The zero-order valence-electron chi connectivity index (χ0n) is 15.7. The number of fused-ring (bicyclic) bond motifs is 1. The van der Waals surface area contributed by atoms with Gasteiger partial charge in [-0.25, -0.2) is 4.98 Å². The predicted molar refractivity (Wildman–Crippen MR) is 105 cm³/mol. The number of hydrogen-bond donors (Lipinski definition) is 1. The number of aromatic nitrogens is 1. The second-order valence-electron chi connectivity index (χ2n) is 8.47. The Labute approximate surface area is 155 Å². The van der Waals surface area contributed by atoms with Crippen LogP contribution in [-0.2, 0) is 11.2 Å². The molecule has 7 heteroatoms. The molecular formula is C18H27N3O2SSi. The van der Waals surface area contributed by atoms with Gasteiger partial charge in [-0.15, -0.1) is 11.5 Å². The van der Waals surface area contributed by atoms with Gasteiger partial charge >= 0.3 is 0 Å². The molecule has 0 unspecified atom stereocenters. The van der Waals surface area contributed by atoms with E-state index in [4.69, 9.17) is 9.72 Å². The Hall–Kier alpha value is -1.36. The molecule has 0 spiro atoms. The molecule has 1 aromatic rings. The van der Waals surface area contributed by atoms with Crippen molar-refractivity contribution in [1.29, 1.82) is 0 Å². The first-order chi connectivity index (χ1) is 11.6. The Morgan fingerprint density at radius 2 is 2.20 bits per heavy atom. The maximum Gasteiger partial charge on any atom is 0.263 e. The van der Waals surface area contributed by atoms with Crippen LogP contribution in [0.5, 0.6) is 0 Å². The Morgan fingerprint density at radius 3 is 2.92 bits per heavy atom. The highest BCUT2D eigenvalue weighted by Crippen LogP contribution is 2.33. The first-order valence-corrected chi connectivity index (χ1v) is 13.1. The Morgan fingerprint density at radius 1 is 1.44 bits per heavy atom. The summed E-state index contributed by atoms with van der Waals surface area (Å²) < 4.78 is 5.67. The summed E-state index contributed by atoms with van der Waals surface area (Å²) in [6.45, 7) is 13.0. The number of amides is 1. The van der Waals surface area contributed by atoms with Crippen LogP contribution >= 0.6 is 11.3 Å². The summed E-state index contributed by atoms with van der Waals surface area (Å²) in [5.74, 6) is 3.36. The number of thiazole rings is 1. The van der Waals surface area contributed by atoms with Gasteiger partial charge in [0.1, 0.15) is 13.0 Å².